The first-order valence-corrected chi connectivity index (χ1v) is 8.74. The summed E-state index contributed by atoms with van der Waals surface area (Å²) in [6.07, 6.45) is 0. The maximum atomic E-state index is 13.2. The Labute approximate surface area is 158 Å². The summed E-state index contributed by atoms with van der Waals surface area (Å²) in [4.78, 5) is 18.9. The second-order valence-corrected chi connectivity index (χ2v) is 6.54. The highest BCUT2D eigenvalue weighted by molar-refractivity contribution is 5.79. The zero-order chi connectivity index (χ0) is 19.1. The molecule has 2 aromatic carbocycles. The number of nitrogens with zero attached hydrogens (tertiary/aromatic N) is 4. The molecule has 3 aromatic heterocycles. The van der Waals surface area contributed by atoms with Crippen molar-refractivity contribution in [1.82, 2.24) is 25.0 Å². The van der Waals surface area contributed by atoms with Crippen molar-refractivity contribution >= 4 is 22.1 Å². The van der Waals surface area contributed by atoms with Crippen LogP contribution in [0.3, 0.4) is 0 Å². The summed E-state index contributed by atoms with van der Waals surface area (Å²) in [5.41, 5.74) is 4.58. The lowest BCUT2D eigenvalue weighted by Crippen LogP contribution is -2.05. The predicted molar refractivity (Wildman–Crippen MR) is 104 cm³/mol. The van der Waals surface area contributed by atoms with E-state index >= 15 is 0 Å². The number of fused-ring (bicyclic) bond motifs is 2. The molecule has 0 spiro atoms. The third-order valence-corrected chi connectivity index (χ3v) is 4.62. The molecular formula is C21H14FN5O. The van der Waals surface area contributed by atoms with Crippen LogP contribution in [-0.2, 0) is 6.54 Å². The Hall–Kier alpha value is -3.87. The van der Waals surface area contributed by atoms with Gasteiger partial charge in [-0.25, -0.2) is 14.1 Å². The molecule has 0 unspecified atom stereocenters. The molecule has 0 bridgehead atoms. The first-order chi connectivity index (χ1) is 13.7. The fourth-order valence-corrected chi connectivity index (χ4v) is 3.22. The zero-order valence-corrected chi connectivity index (χ0v) is 14.6. The molecule has 5 aromatic rings. The van der Waals surface area contributed by atoms with Crippen molar-refractivity contribution < 1.29 is 4.39 Å². The van der Waals surface area contributed by atoms with Crippen molar-refractivity contribution in [3.05, 3.63) is 88.5 Å². The molecule has 7 heteroatoms. The Morgan fingerprint density at radius 2 is 1.82 bits per heavy atom. The summed E-state index contributed by atoms with van der Waals surface area (Å²) >= 11 is 0. The van der Waals surface area contributed by atoms with Crippen LogP contribution in [0.1, 0.15) is 5.56 Å². The largest absolute Gasteiger partial charge is 0.322 e. The lowest BCUT2D eigenvalue weighted by atomic mass is 10.1. The first-order valence-electron chi connectivity index (χ1n) is 8.74. The van der Waals surface area contributed by atoms with Crippen LogP contribution in [0.15, 0.2) is 71.5 Å². The third kappa shape index (κ3) is 2.92. The maximum absolute atomic E-state index is 13.2. The van der Waals surface area contributed by atoms with Crippen LogP contribution in [0.5, 0.6) is 0 Å². The molecule has 0 atom stereocenters. The number of aromatic nitrogens is 5. The molecule has 28 heavy (non-hydrogen) atoms. The Morgan fingerprint density at radius 3 is 2.68 bits per heavy atom. The van der Waals surface area contributed by atoms with Gasteiger partial charge in [-0.3, -0.25) is 4.79 Å². The smallest absolute Gasteiger partial charge is 0.248 e. The van der Waals surface area contributed by atoms with Gasteiger partial charge in [0, 0.05) is 17.1 Å². The normalized spacial score (nSPS) is 11.3. The number of pyridine rings is 2. The highest BCUT2D eigenvalue weighted by Crippen LogP contribution is 2.21. The van der Waals surface area contributed by atoms with Crippen LogP contribution in [-0.4, -0.2) is 25.0 Å². The van der Waals surface area contributed by atoms with Crippen molar-refractivity contribution in [3.8, 4) is 11.3 Å². The van der Waals surface area contributed by atoms with E-state index in [-0.39, 0.29) is 11.4 Å². The summed E-state index contributed by atoms with van der Waals surface area (Å²) in [5.74, 6) is -0.283. The van der Waals surface area contributed by atoms with Gasteiger partial charge in [-0.15, -0.1) is 5.10 Å². The van der Waals surface area contributed by atoms with Crippen LogP contribution in [0.4, 0.5) is 4.39 Å². The molecule has 6 nitrogen and oxygen atoms in total. The molecular weight excluding hydrogens is 357 g/mol. The number of aromatic amines is 1. The lowest BCUT2D eigenvalue weighted by Gasteiger charge is -2.06. The van der Waals surface area contributed by atoms with Crippen molar-refractivity contribution in [2.75, 3.05) is 0 Å². The van der Waals surface area contributed by atoms with Gasteiger partial charge in [-0.05, 0) is 65.5 Å². The zero-order valence-electron chi connectivity index (χ0n) is 14.6. The Kier molecular flexibility index (Phi) is 3.72. The molecule has 0 radical (unpaired) electrons. The third-order valence-electron chi connectivity index (χ3n) is 4.62. The van der Waals surface area contributed by atoms with Gasteiger partial charge in [-0.1, -0.05) is 11.3 Å². The van der Waals surface area contributed by atoms with Crippen molar-refractivity contribution in [2.24, 2.45) is 0 Å². The van der Waals surface area contributed by atoms with E-state index in [1.807, 2.05) is 30.3 Å². The lowest BCUT2D eigenvalue weighted by molar-refractivity contribution is 0.628. The number of hydrogen-bond donors (Lipinski definition) is 1. The molecule has 0 fully saturated rings. The van der Waals surface area contributed by atoms with Crippen LogP contribution >= 0.6 is 0 Å². The molecule has 0 saturated heterocycles. The van der Waals surface area contributed by atoms with Crippen LogP contribution in [0.25, 0.3) is 33.3 Å². The minimum absolute atomic E-state index is 0.125. The van der Waals surface area contributed by atoms with Gasteiger partial charge in [0.1, 0.15) is 11.3 Å². The second kappa shape index (κ2) is 6.38. The highest BCUT2D eigenvalue weighted by atomic mass is 19.1. The number of nitrogens with one attached hydrogen (secondary N) is 1. The summed E-state index contributed by atoms with van der Waals surface area (Å²) < 4.78 is 14.9. The van der Waals surface area contributed by atoms with E-state index in [1.54, 1.807) is 22.9 Å². The molecule has 0 amide bonds. The number of benzene rings is 2. The van der Waals surface area contributed by atoms with Crippen molar-refractivity contribution in [1.29, 1.82) is 0 Å². The molecule has 0 aliphatic heterocycles. The van der Waals surface area contributed by atoms with Gasteiger partial charge in [0.2, 0.25) is 5.56 Å². The van der Waals surface area contributed by atoms with E-state index in [2.05, 4.69) is 20.3 Å². The van der Waals surface area contributed by atoms with Crippen LogP contribution in [0, 0.1) is 5.82 Å². The van der Waals surface area contributed by atoms with Crippen LogP contribution in [0.2, 0.25) is 0 Å². The second-order valence-electron chi connectivity index (χ2n) is 6.54. The molecule has 0 aliphatic rings. The first kappa shape index (κ1) is 16.3. The van der Waals surface area contributed by atoms with Gasteiger partial charge in [0.25, 0.3) is 0 Å². The quantitative estimate of drug-likeness (QED) is 0.526. The van der Waals surface area contributed by atoms with Crippen molar-refractivity contribution in [2.45, 2.75) is 6.54 Å². The predicted octanol–water partition coefficient (Wildman–Crippen LogP) is 3.52. The molecule has 0 saturated carbocycles. The van der Waals surface area contributed by atoms with Gasteiger partial charge in [0.05, 0.1) is 12.2 Å². The molecule has 136 valence electrons. The van der Waals surface area contributed by atoms with E-state index in [1.165, 1.54) is 18.2 Å². The number of H-pyrrole nitrogens is 1. The van der Waals surface area contributed by atoms with E-state index in [0.717, 1.165) is 27.7 Å². The average molecular weight is 371 g/mol. The van der Waals surface area contributed by atoms with E-state index in [9.17, 15) is 9.18 Å². The van der Waals surface area contributed by atoms with Gasteiger partial charge < -0.3 is 4.98 Å². The number of hydrogen-bond acceptors (Lipinski definition) is 4. The topological polar surface area (TPSA) is 76.5 Å². The van der Waals surface area contributed by atoms with Gasteiger partial charge >= 0.3 is 0 Å². The summed E-state index contributed by atoms with van der Waals surface area (Å²) in [6.45, 7) is 0.492. The maximum Gasteiger partial charge on any atom is 0.248 e. The number of rotatable bonds is 3. The summed E-state index contributed by atoms with van der Waals surface area (Å²) in [5, 5.41) is 9.35. The Morgan fingerprint density at radius 1 is 0.964 bits per heavy atom. The number of halogens is 1. The molecule has 1 N–H and O–H groups in total. The molecule has 0 aliphatic carbocycles. The minimum Gasteiger partial charge on any atom is -0.322 e. The summed E-state index contributed by atoms with van der Waals surface area (Å²) in [6, 6.07) is 19.0. The standard InChI is InChI=1S/C21H14FN5O/c22-16-5-2-14(3-6-16)17-8-9-19-21(24-17)27(26-25-19)12-13-1-7-18-15(11-13)4-10-20(28)23-18/h1-11H,12H2,(H,23,28). The van der Waals surface area contributed by atoms with E-state index in [0.29, 0.717) is 17.7 Å². The van der Waals surface area contributed by atoms with Crippen LogP contribution < -0.4 is 5.56 Å². The Bertz CT molecular complexity index is 1370. The van der Waals surface area contributed by atoms with E-state index < -0.39 is 0 Å². The monoisotopic (exact) mass is 371 g/mol. The molecule has 3 heterocycles. The minimum atomic E-state index is -0.283. The SMILES string of the molecule is O=c1ccc2cc(Cn3nnc4ccc(-c5ccc(F)cc5)nc43)ccc2[nH]1. The highest BCUT2D eigenvalue weighted by Gasteiger charge is 2.10. The van der Waals surface area contributed by atoms with Gasteiger partial charge in [0.15, 0.2) is 5.65 Å². The summed E-state index contributed by atoms with van der Waals surface area (Å²) in [7, 11) is 0. The average Bonchev–Trinajstić information content (AvgIpc) is 3.11. The molecule has 5 rings (SSSR count). The van der Waals surface area contributed by atoms with Gasteiger partial charge in [-0.2, -0.15) is 0 Å². The van der Waals surface area contributed by atoms with Crippen molar-refractivity contribution in [3.63, 3.8) is 0 Å². The fourth-order valence-electron chi connectivity index (χ4n) is 3.22. The van der Waals surface area contributed by atoms with E-state index in [4.69, 9.17) is 0 Å². The Balaban J connectivity index is 1.53. The fraction of sp³-hybridized carbons (Fsp3) is 0.0476.